The van der Waals surface area contributed by atoms with Crippen molar-refractivity contribution in [2.75, 3.05) is 25.2 Å². The largest absolute Gasteiger partial charge is 0.454 e. The number of hydrogen-bond donors (Lipinski definition) is 1. The van der Waals surface area contributed by atoms with Crippen LogP contribution in [-0.2, 0) is 0 Å². The van der Waals surface area contributed by atoms with Gasteiger partial charge in [-0.1, -0.05) is 5.21 Å². The van der Waals surface area contributed by atoms with Gasteiger partial charge >= 0.3 is 6.03 Å². The van der Waals surface area contributed by atoms with E-state index in [1.807, 2.05) is 16.9 Å². The smallest absolute Gasteiger partial charge is 0.321 e. The van der Waals surface area contributed by atoms with Crippen LogP contribution in [-0.4, -0.2) is 45.8 Å². The maximum absolute atomic E-state index is 12.3. The zero-order valence-corrected chi connectivity index (χ0v) is 13.0. The quantitative estimate of drug-likeness (QED) is 0.932. The van der Waals surface area contributed by atoms with E-state index < -0.39 is 0 Å². The predicted octanol–water partition coefficient (Wildman–Crippen LogP) is 1.97. The molecule has 0 radical (unpaired) electrons. The van der Waals surface area contributed by atoms with Gasteiger partial charge in [0, 0.05) is 37.0 Å². The first-order chi connectivity index (χ1) is 11.8. The molecule has 0 unspecified atom stereocenters. The maximum Gasteiger partial charge on any atom is 0.321 e. The van der Waals surface area contributed by atoms with Crippen LogP contribution in [0.4, 0.5) is 10.5 Å². The van der Waals surface area contributed by atoms with Gasteiger partial charge in [-0.3, -0.25) is 0 Å². The molecule has 8 heteroatoms. The molecule has 1 saturated carbocycles. The first-order valence-electron chi connectivity index (χ1n) is 8.13. The number of carbonyl (C=O) groups excluding carboxylic acids is 1. The molecule has 3 heterocycles. The number of likely N-dealkylation sites (tertiary alicyclic amines) is 1. The molecule has 1 aromatic heterocycles. The van der Waals surface area contributed by atoms with E-state index in [1.165, 1.54) is 12.8 Å². The zero-order chi connectivity index (χ0) is 16.1. The van der Waals surface area contributed by atoms with Gasteiger partial charge in [-0.2, -0.15) is 0 Å². The third-order valence-electron chi connectivity index (χ3n) is 4.67. The highest BCUT2D eigenvalue weighted by molar-refractivity contribution is 5.90. The van der Waals surface area contributed by atoms with Crippen LogP contribution in [0.5, 0.6) is 11.5 Å². The van der Waals surface area contributed by atoms with Crippen LogP contribution in [0.25, 0.3) is 0 Å². The maximum atomic E-state index is 12.3. The minimum Gasteiger partial charge on any atom is -0.454 e. The number of amides is 2. The highest BCUT2D eigenvalue weighted by atomic mass is 16.7. The Morgan fingerprint density at radius 2 is 2.04 bits per heavy atom. The fourth-order valence-electron chi connectivity index (χ4n) is 3.00. The molecule has 124 valence electrons. The molecule has 1 aliphatic carbocycles. The fourth-order valence-corrected chi connectivity index (χ4v) is 3.00. The van der Waals surface area contributed by atoms with Gasteiger partial charge in [0.05, 0.1) is 11.7 Å². The molecule has 3 aliphatic rings. The number of carbonyl (C=O) groups is 1. The van der Waals surface area contributed by atoms with Gasteiger partial charge in [-0.15, -0.1) is 5.10 Å². The summed E-state index contributed by atoms with van der Waals surface area (Å²) < 4.78 is 12.5. The second-order valence-corrected chi connectivity index (χ2v) is 6.45. The Bertz CT molecular complexity index is 795. The number of anilines is 1. The van der Waals surface area contributed by atoms with Crippen molar-refractivity contribution in [1.82, 2.24) is 19.9 Å². The molecule has 2 fully saturated rings. The highest BCUT2D eigenvalue weighted by Crippen LogP contribution is 2.39. The van der Waals surface area contributed by atoms with Crippen molar-refractivity contribution >= 4 is 11.7 Å². The van der Waals surface area contributed by atoms with Gasteiger partial charge in [-0.25, -0.2) is 9.48 Å². The van der Waals surface area contributed by atoms with E-state index in [4.69, 9.17) is 9.47 Å². The Balaban J connectivity index is 1.18. The summed E-state index contributed by atoms with van der Waals surface area (Å²) in [7, 11) is 0. The zero-order valence-electron chi connectivity index (χ0n) is 13.0. The molecule has 24 heavy (non-hydrogen) atoms. The lowest BCUT2D eigenvalue weighted by Crippen LogP contribution is -2.52. The predicted molar refractivity (Wildman–Crippen MR) is 84.2 cm³/mol. The van der Waals surface area contributed by atoms with Crippen LogP contribution in [0.2, 0.25) is 0 Å². The van der Waals surface area contributed by atoms with Crippen molar-refractivity contribution in [2.24, 2.45) is 0 Å². The van der Waals surface area contributed by atoms with Crippen molar-refractivity contribution in [2.45, 2.75) is 24.8 Å². The van der Waals surface area contributed by atoms with E-state index >= 15 is 0 Å². The Labute approximate surface area is 138 Å². The van der Waals surface area contributed by atoms with Crippen molar-refractivity contribution in [3.8, 4) is 11.5 Å². The van der Waals surface area contributed by atoms with Gasteiger partial charge in [0.25, 0.3) is 0 Å². The number of benzene rings is 1. The third-order valence-corrected chi connectivity index (χ3v) is 4.67. The third kappa shape index (κ3) is 2.34. The number of urea groups is 1. The van der Waals surface area contributed by atoms with Gasteiger partial charge in [0.1, 0.15) is 0 Å². The first kappa shape index (κ1) is 13.6. The molecule has 1 aromatic carbocycles. The van der Waals surface area contributed by atoms with E-state index in [2.05, 4.69) is 15.6 Å². The van der Waals surface area contributed by atoms with Gasteiger partial charge in [-0.05, 0) is 25.0 Å². The topological polar surface area (TPSA) is 81.5 Å². The van der Waals surface area contributed by atoms with Crippen molar-refractivity contribution in [3.63, 3.8) is 0 Å². The van der Waals surface area contributed by atoms with Crippen LogP contribution >= 0.6 is 0 Å². The highest BCUT2D eigenvalue weighted by Gasteiger charge is 2.34. The summed E-state index contributed by atoms with van der Waals surface area (Å²) >= 11 is 0. The first-order valence-corrected chi connectivity index (χ1v) is 8.13. The molecular weight excluding hydrogens is 310 g/mol. The van der Waals surface area contributed by atoms with E-state index in [0.717, 1.165) is 5.69 Å². The molecule has 2 amide bonds. The van der Waals surface area contributed by atoms with Crippen LogP contribution in [0.3, 0.4) is 0 Å². The molecule has 2 aliphatic heterocycles. The molecule has 0 spiro atoms. The van der Waals surface area contributed by atoms with Crippen LogP contribution in [0.15, 0.2) is 24.4 Å². The summed E-state index contributed by atoms with van der Waals surface area (Å²) in [5, 5.41) is 11.3. The van der Waals surface area contributed by atoms with E-state index in [0.29, 0.717) is 36.2 Å². The lowest BCUT2D eigenvalue weighted by molar-refractivity contribution is 0.127. The van der Waals surface area contributed by atoms with E-state index in [-0.39, 0.29) is 18.9 Å². The Morgan fingerprint density at radius 1 is 1.21 bits per heavy atom. The number of ether oxygens (including phenoxy) is 2. The van der Waals surface area contributed by atoms with Crippen molar-refractivity contribution in [1.29, 1.82) is 0 Å². The summed E-state index contributed by atoms with van der Waals surface area (Å²) in [5.74, 6) is 1.96. The molecule has 0 bridgehead atoms. The summed E-state index contributed by atoms with van der Waals surface area (Å²) in [5.41, 5.74) is 1.78. The fraction of sp³-hybridized carbons (Fsp3) is 0.438. The number of aromatic nitrogens is 3. The molecule has 5 rings (SSSR count). The summed E-state index contributed by atoms with van der Waals surface area (Å²) in [6, 6.07) is 5.48. The van der Waals surface area contributed by atoms with Gasteiger partial charge < -0.3 is 19.7 Å². The molecule has 1 saturated heterocycles. The average Bonchev–Trinajstić information content (AvgIpc) is 3.08. The number of nitrogens with zero attached hydrogens (tertiary/aromatic N) is 4. The van der Waals surface area contributed by atoms with Crippen LogP contribution in [0.1, 0.15) is 30.5 Å². The Kier molecular flexibility index (Phi) is 2.91. The SMILES string of the molecule is O=C(Nc1ccc2c(c1)OCO2)N1CC(n2cc(C3CC3)nn2)C1. The molecular formula is C16H17N5O3. The van der Waals surface area contributed by atoms with Crippen molar-refractivity contribution in [3.05, 3.63) is 30.1 Å². The van der Waals surface area contributed by atoms with Gasteiger partial charge in [0.2, 0.25) is 6.79 Å². The normalized spacial score (nSPS) is 19.2. The van der Waals surface area contributed by atoms with Crippen LogP contribution in [0, 0.1) is 0 Å². The number of rotatable bonds is 3. The minimum absolute atomic E-state index is 0.118. The standard InChI is InChI=1S/C16H17N5O3/c22-16(17-11-3-4-14-15(5-11)24-9-23-14)20-6-12(7-20)21-8-13(18-19-21)10-1-2-10/h3-5,8,10,12H,1-2,6-7,9H2,(H,17,22). The summed E-state index contributed by atoms with van der Waals surface area (Å²) in [4.78, 5) is 14.1. The lowest BCUT2D eigenvalue weighted by atomic mass is 10.1. The number of hydrogen-bond acceptors (Lipinski definition) is 5. The molecule has 2 aromatic rings. The second-order valence-electron chi connectivity index (χ2n) is 6.45. The molecule has 0 atom stereocenters. The van der Waals surface area contributed by atoms with E-state index in [9.17, 15) is 4.79 Å². The lowest BCUT2D eigenvalue weighted by Gasteiger charge is -2.38. The summed E-state index contributed by atoms with van der Waals surface area (Å²) in [6.07, 6.45) is 4.45. The van der Waals surface area contributed by atoms with E-state index in [1.54, 1.807) is 17.0 Å². The average molecular weight is 327 g/mol. The van der Waals surface area contributed by atoms with Crippen molar-refractivity contribution < 1.29 is 14.3 Å². The number of nitrogens with one attached hydrogen (secondary N) is 1. The second kappa shape index (κ2) is 5.12. The summed E-state index contributed by atoms with van der Waals surface area (Å²) in [6.45, 7) is 1.51. The van der Waals surface area contributed by atoms with Crippen LogP contribution < -0.4 is 14.8 Å². The Hall–Kier alpha value is -2.77. The Morgan fingerprint density at radius 3 is 2.88 bits per heavy atom. The molecule has 1 N–H and O–H groups in total. The monoisotopic (exact) mass is 327 g/mol. The molecule has 8 nitrogen and oxygen atoms in total. The minimum atomic E-state index is -0.118. The van der Waals surface area contributed by atoms with Gasteiger partial charge in [0.15, 0.2) is 11.5 Å². The number of fused-ring (bicyclic) bond motifs is 1.